The van der Waals surface area contributed by atoms with E-state index in [9.17, 15) is 9.18 Å². The summed E-state index contributed by atoms with van der Waals surface area (Å²) in [6, 6.07) is -0.0978. The summed E-state index contributed by atoms with van der Waals surface area (Å²) in [6.45, 7) is 2.35. The maximum atomic E-state index is 13.3. The van der Waals surface area contributed by atoms with Crippen LogP contribution in [0.4, 0.5) is 4.39 Å². The minimum absolute atomic E-state index is 0.0978. The molecule has 0 aromatic heterocycles. The quantitative estimate of drug-likeness (QED) is 0.646. The molecule has 1 rings (SSSR count). The van der Waals surface area contributed by atoms with E-state index in [2.05, 4.69) is 0 Å². The molecule has 0 heterocycles. The number of nitrogens with zero attached hydrogens (tertiary/aromatic N) is 1. The number of likely N-dealkylation sites (N-methyl/N-ethyl adjacent to an activating group) is 1. The number of halogens is 1. The lowest BCUT2D eigenvalue weighted by atomic mass is 10.2. The van der Waals surface area contributed by atoms with E-state index in [1.54, 1.807) is 18.9 Å². The third-order valence-electron chi connectivity index (χ3n) is 2.65. The molecular formula is C10H18FNO2. The van der Waals surface area contributed by atoms with Gasteiger partial charge < -0.3 is 4.74 Å². The molecule has 4 heteroatoms. The highest BCUT2D eigenvalue weighted by Gasteiger charge is 2.31. The number of hydrogen-bond acceptors (Lipinski definition) is 3. The van der Waals surface area contributed by atoms with Gasteiger partial charge in [0.1, 0.15) is 6.17 Å². The van der Waals surface area contributed by atoms with Crippen molar-refractivity contribution in [3.63, 3.8) is 0 Å². The number of ether oxygens (including phenoxy) is 1. The summed E-state index contributed by atoms with van der Waals surface area (Å²) >= 11 is 0. The van der Waals surface area contributed by atoms with Crippen LogP contribution in [0, 0.1) is 0 Å². The van der Waals surface area contributed by atoms with E-state index in [-0.39, 0.29) is 18.6 Å². The largest absolute Gasteiger partial charge is 0.465 e. The second kappa shape index (κ2) is 5.29. The fourth-order valence-corrected chi connectivity index (χ4v) is 1.92. The molecule has 0 spiro atoms. The molecule has 14 heavy (non-hydrogen) atoms. The molecule has 0 aliphatic heterocycles. The van der Waals surface area contributed by atoms with Gasteiger partial charge in [-0.05, 0) is 33.2 Å². The van der Waals surface area contributed by atoms with Gasteiger partial charge in [-0.3, -0.25) is 9.69 Å². The normalized spacial score (nSPS) is 26.9. The average Bonchev–Trinajstić information content (AvgIpc) is 2.51. The number of hydrogen-bond donors (Lipinski definition) is 0. The van der Waals surface area contributed by atoms with Gasteiger partial charge in [-0.1, -0.05) is 0 Å². The third-order valence-corrected chi connectivity index (χ3v) is 2.65. The van der Waals surface area contributed by atoms with Crippen molar-refractivity contribution in [2.75, 3.05) is 20.2 Å². The molecule has 0 unspecified atom stereocenters. The van der Waals surface area contributed by atoms with E-state index in [1.165, 1.54) is 0 Å². The summed E-state index contributed by atoms with van der Waals surface area (Å²) < 4.78 is 18.1. The number of carbonyl (C=O) groups excluding carboxylic acids is 1. The summed E-state index contributed by atoms with van der Waals surface area (Å²) in [5.41, 5.74) is 0. The molecule has 1 aliphatic carbocycles. The average molecular weight is 203 g/mol. The Labute approximate surface area is 84.2 Å². The van der Waals surface area contributed by atoms with Crippen molar-refractivity contribution >= 4 is 5.97 Å². The Morgan fingerprint density at radius 1 is 1.57 bits per heavy atom. The van der Waals surface area contributed by atoms with Crippen molar-refractivity contribution < 1.29 is 13.9 Å². The summed E-state index contributed by atoms with van der Waals surface area (Å²) in [5, 5.41) is 0. The monoisotopic (exact) mass is 203 g/mol. The van der Waals surface area contributed by atoms with Crippen molar-refractivity contribution in [1.29, 1.82) is 0 Å². The Morgan fingerprint density at radius 2 is 2.29 bits per heavy atom. The van der Waals surface area contributed by atoms with Gasteiger partial charge in [-0.25, -0.2) is 4.39 Å². The van der Waals surface area contributed by atoms with E-state index < -0.39 is 6.17 Å². The molecule has 0 N–H and O–H groups in total. The first kappa shape index (κ1) is 11.4. The van der Waals surface area contributed by atoms with Gasteiger partial charge >= 0.3 is 5.97 Å². The van der Waals surface area contributed by atoms with Crippen molar-refractivity contribution in [2.24, 2.45) is 0 Å². The van der Waals surface area contributed by atoms with Crippen LogP contribution in [0.15, 0.2) is 0 Å². The highest BCUT2D eigenvalue weighted by molar-refractivity contribution is 5.71. The Bertz CT molecular complexity index is 199. The Kier molecular flexibility index (Phi) is 4.32. The second-order valence-corrected chi connectivity index (χ2v) is 3.73. The molecule has 0 aromatic carbocycles. The minimum Gasteiger partial charge on any atom is -0.465 e. The van der Waals surface area contributed by atoms with Gasteiger partial charge in [-0.2, -0.15) is 0 Å². The first-order chi connectivity index (χ1) is 6.65. The highest BCUT2D eigenvalue weighted by atomic mass is 19.1. The SMILES string of the molecule is CCOC(=O)CN(C)[C@@H]1CCC[C@H]1F. The van der Waals surface area contributed by atoms with E-state index in [1.807, 2.05) is 0 Å². The van der Waals surface area contributed by atoms with Gasteiger partial charge in [-0.15, -0.1) is 0 Å². The zero-order valence-corrected chi connectivity index (χ0v) is 8.83. The summed E-state index contributed by atoms with van der Waals surface area (Å²) in [5.74, 6) is -0.269. The second-order valence-electron chi connectivity index (χ2n) is 3.73. The molecular weight excluding hydrogens is 185 g/mol. The van der Waals surface area contributed by atoms with Crippen molar-refractivity contribution in [2.45, 2.75) is 38.4 Å². The van der Waals surface area contributed by atoms with Crippen LogP contribution >= 0.6 is 0 Å². The van der Waals surface area contributed by atoms with E-state index >= 15 is 0 Å². The topological polar surface area (TPSA) is 29.5 Å². The predicted octanol–water partition coefficient (Wildman–Crippen LogP) is 1.37. The molecule has 0 aromatic rings. The number of carbonyl (C=O) groups is 1. The molecule has 3 nitrogen and oxygen atoms in total. The molecule has 82 valence electrons. The molecule has 2 atom stereocenters. The molecule has 0 amide bonds. The van der Waals surface area contributed by atoms with Crippen molar-refractivity contribution in [1.82, 2.24) is 4.90 Å². The molecule has 0 bridgehead atoms. The van der Waals surface area contributed by atoms with Crippen LogP contribution in [0.1, 0.15) is 26.2 Å². The van der Waals surface area contributed by atoms with Gasteiger partial charge in [0.2, 0.25) is 0 Å². The Morgan fingerprint density at radius 3 is 2.79 bits per heavy atom. The fourth-order valence-electron chi connectivity index (χ4n) is 1.92. The Balaban J connectivity index is 2.33. The van der Waals surface area contributed by atoms with E-state index in [4.69, 9.17) is 4.74 Å². The van der Waals surface area contributed by atoms with Crippen LogP contribution in [-0.2, 0) is 9.53 Å². The number of esters is 1. The fraction of sp³-hybridized carbons (Fsp3) is 0.900. The summed E-state index contributed by atoms with van der Waals surface area (Å²) in [4.78, 5) is 12.9. The van der Waals surface area contributed by atoms with Crippen molar-refractivity contribution in [3.8, 4) is 0 Å². The molecule has 1 saturated carbocycles. The third kappa shape index (κ3) is 2.94. The summed E-state index contributed by atoms with van der Waals surface area (Å²) in [6.07, 6.45) is 1.60. The zero-order chi connectivity index (χ0) is 10.6. The lowest BCUT2D eigenvalue weighted by Crippen LogP contribution is -2.39. The van der Waals surface area contributed by atoms with Crippen LogP contribution in [0.2, 0.25) is 0 Å². The summed E-state index contributed by atoms with van der Waals surface area (Å²) in [7, 11) is 1.78. The highest BCUT2D eigenvalue weighted by Crippen LogP contribution is 2.25. The van der Waals surface area contributed by atoms with Gasteiger partial charge in [0.15, 0.2) is 0 Å². The molecule has 1 aliphatic rings. The standard InChI is InChI=1S/C10H18FNO2/c1-3-14-10(13)7-12(2)9-6-4-5-8(9)11/h8-9H,3-7H2,1-2H3/t8-,9-/m1/s1. The Hall–Kier alpha value is -0.640. The first-order valence-corrected chi connectivity index (χ1v) is 5.15. The number of rotatable bonds is 4. The minimum atomic E-state index is -0.783. The lowest BCUT2D eigenvalue weighted by Gasteiger charge is -2.24. The molecule has 1 fully saturated rings. The van der Waals surface area contributed by atoms with E-state index in [0.717, 1.165) is 12.8 Å². The first-order valence-electron chi connectivity index (χ1n) is 5.15. The van der Waals surface area contributed by atoms with Crippen LogP contribution in [0.3, 0.4) is 0 Å². The molecule has 0 radical (unpaired) electrons. The van der Waals surface area contributed by atoms with Gasteiger partial charge in [0.25, 0.3) is 0 Å². The van der Waals surface area contributed by atoms with Crippen molar-refractivity contribution in [3.05, 3.63) is 0 Å². The van der Waals surface area contributed by atoms with Crippen LogP contribution in [-0.4, -0.2) is 43.3 Å². The van der Waals surface area contributed by atoms with Crippen LogP contribution < -0.4 is 0 Å². The van der Waals surface area contributed by atoms with Gasteiger partial charge in [0, 0.05) is 6.04 Å². The maximum absolute atomic E-state index is 13.3. The van der Waals surface area contributed by atoms with E-state index in [0.29, 0.717) is 13.0 Å². The van der Waals surface area contributed by atoms with Gasteiger partial charge in [0.05, 0.1) is 13.2 Å². The molecule has 0 saturated heterocycles. The van der Waals surface area contributed by atoms with Crippen LogP contribution in [0.25, 0.3) is 0 Å². The maximum Gasteiger partial charge on any atom is 0.320 e. The van der Waals surface area contributed by atoms with Crippen LogP contribution in [0.5, 0.6) is 0 Å². The zero-order valence-electron chi connectivity index (χ0n) is 8.83. The predicted molar refractivity (Wildman–Crippen MR) is 51.8 cm³/mol. The smallest absolute Gasteiger partial charge is 0.320 e. The number of alkyl halides is 1. The lowest BCUT2D eigenvalue weighted by molar-refractivity contribution is -0.144.